The minimum absolute atomic E-state index is 0.172. The Kier molecular flexibility index (Phi) is 5.61. The zero-order chi connectivity index (χ0) is 16.2. The summed E-state index contributed by atoms with van der Waals surface area (Å²) in [7, 11) is -3.53. The minimum Gasteiger partial charge on any atom is -0.325 e. The SMILES string of the molecule is O=C(CS(=O)(=O)Cc1ccc(Br)cc1)Nc1ccc(Cl)cc1. The van der Waals surface area contributed by atoms with Gasteiger partial charge in [0.2, 0.25) is 5.91 Å². The second kappa shape index (κ2) is 7.26. The molecule has 2 rings (SSSR count). The van der Waals surface area contributed by atoms with Crippen molar-refractivity contribution in [3.05, 3.63) is 63.6 Å². The second-order valence-electron chi connectivity index (χ2n) is 4.71. The molecule has 0 heterocycles. The van der Waals surface area contributed by atoms with Gasteiger partial charge >= 0.3 is 0 Å². The van der Waals surface area contributed by atoms with Crippen LogP contribution in [0.3, 0.4) is 0 Å². The topological polar surface area (TPSA) is 63.2 Å². The van der Waals surface area contributed by atoms with E-state index >= 15 is 0 Å². The van der Waals surface area contributed by atoms with Crippen molar-refractivity contribution in [1.29, 1.82) is 0 Å². The number of benzene rings is 2. The molecule has 2 aromatic rings. The molecule has 0 saturated carbocycles. The van der Waals surface area contributed by atoms with E-state index in [9.17, 15) is 13.2 Å². The molecule has 0 aliphatic rings. The van der Waals surface area contributed by atoms with E-state index in [1.807, 2.05) is 0 Å². The van der Waals surface area contributed by atoms with E-state index in [-0.39, 0.29) is 5.75 Å². The number of rotatable bonds is 5. The van der Waals surface area contributed by atoms with Crippen LogP contribution in [0.4, 0.5) is 5.69 Å². The summed E-state index contributed by atoms with van der Waals surface area (Å²) >= 11 is 9.03. The molecular weight excluding hydrogens is 390 g/mol. The Morgan fingerprint density at radius 1 is 1.05 bits per heavy atom. The number of carbonyl (C=O) groups is 1. The molecule has 0 aliphatic heterocycles. The van der Waals surface area contributed by atoms with Gasteiger partial charge in [0.1, 0.15) is 5.75 Å². The Morgan fingerprint density at radius 2 is 1.64 bits per heavy atom. The van der Waals surface area contributed by atoms with Gasteiger partial charge in [-0.15, -0.1) is 0 Å². The van der Waals surface area contributed by atoms with Gasteiger partial charge in [-0.2, -0.15) is 0 Å². The smallest absolute Gasteiger partial charge is 0.239 e. The first-order valence-electron chi connectivity index (χ1n) is 6.34. The van der Waals surface area contributed by atoms with E-state index in [0.717, 1.165) is 4.47 Å². The Morgan fingerprint density at radius 3 is 2.23 bits per heavy atom. The van der Waals surface area contributed by atoms with Crippen molar-refractivity contribution in [1.82, 2.24) is 0 Å². The van der Waals surface area contributed by atoms with Crippen molar-refractivity contribution in [2.24, 2.45) is 0 Å². The zero-order valence-electron chi connectivity index (χ0n) is 11.4. The third kappa shape index (κ3) is 5.44. The van der Waals surface area contributed by atoms with Crippen molar-refractivity contribution >= 4 is 49.0 Å². The largest absolute Gasteiger partial charge is 0.325 e. The third-order valence-electron chi connectivity index (χ3n) is 2.78. The van der Waals surface area contributed by atoms with Crippen LogP contribution < -0.4 is 5.32 Å². The first-order chi connectivity index (χ1) is 10.3. The quantitative estimate of drug-likeness (QED) is 0.830. The van der Waals surface area contributed by atoms with Crippen LogP contribution in [0.15, 0.2) is 53.0 Å². The number of nitrogens with one attached hydrogen (secondary N) is 1. The van der Waals surface area contributed by atoms with Gasteiger partial charge in [0, 0.05) is 15.2 Å². The molecule has 7 heteroatoms. The van der Waals surface area contributed by atoms with E-state index in [0.29, 0.717) is 16.3 Å². The van der Waals surface area contributed by atoms with E-state index in [1.54, 1.807) is 48.5 Å². The monoisotopic (exact) mass is 401 g/mol. The number of sulfone groups is 1. The van der Waals surface area contributed by atoms with Crippen molar-refractivity contribution < 1.29 is 13.2 Å². The van der Waals surface area contributed by atoms with Gasteiger partial charge in [0.05, 0.1) is 5.75 Å². The predicted octanol–water partition coefficient (Wildman–Crippen LogP) is 3.66. The molecule has 4 nitrogen and oxygen atoms in total. The van der Waals surface area contributed by atoms with Crippen LogP contribution in [0.25, 0.3) is 0 Å². The summed E-state index contributed by atoms with van der Waals surface area (Å²) in [6, 6.07) is 13.4. The lowest BCUT2D eigenvalue weighted by Gasteiger charge is -2.07. The van der Waals surface area contributed by atoms with Crippen molar-refractivity contribution in [2.75, 3.05) is 11.1 Å². The predicted molar refractivity (Wildman–Crippen MR) is 91.7 cm³/mol. The number of amides is 1. The van der Waals surface area contributed by atoms with E-state index in [4.69, 9.17) is 11.6 Å². The second-order valence-corrected chi connectivity index (χ2v) is 8.13. The molecule has 0 atom stereocenters. The third-order valence-corrected chi connectivity index (χ3v) is 5.03. The molecular formula is C15H13BrClNO3S. The Balaban J connectivity index is 1.97. The van der Waals surface area contributed by atoms with Crippen molar-refractivity contribution in [3.63, 3.8) is 0 Å². The summed E-state index contributed by atoms with van der Waals surface area (Å²) < 4.78 is 25.0. The highest BCUT2D eigenvalue weighted by atomic mass is 79.9. The molecule has 0 radical (unpaired) electrons. The highest BCUT2D eigenvalue weighted by molar-refractivity contribution is 9.10. The van der Waals surface area contributed by atoms with Gasteiger partial charge in [0.25, 0.3) is 0 Å². The Bertz CT molecular complexity index is 758. The maximum Gasteiger partial charge on any atom is 0.239 e. The molecule has 0 spiro atoms. The molecule has 1 N–H and O–H groups in total. The molecule has 0 fully saturated rings. The molecule has 0 unspecified atom stereocenters. The van der Waals surface area contributed by atoms with Crippen LogP contribution in [-0.4, -0.2) is 20.1 Å². The highest BCUT2D eigenvalue weighted by Gasteiger charge is 2.17. The lowest BCUT2D eigenvalue weighted by molar-refractivity contribution is -0.113. The van der Waals surface area contributed by atoms with Gasteiger partial charge in [-0.3, -0.25) is 4.79 Å². The maximum atomic E-state index is 12.0. The first-order valence-corrected chi connectivity index (χ1v) is 9.33. The Labute approximate surface area is 142 Å². The van der Waals surface area contributed by atoms with Crippen LogP contribution in [0, 0.1) is 0 Å². The fraction of sp³-hybridized carbons (Fsp3) is 0.133. The first kappa shape index (κ1) is 17.0. The van der Waals surface area contributed by atoms with E-state index in [2.05, 4.69) is 21.2 Å². The van der Waals surface area contributed by atoms with Crippen LogP contribution in [0.2, 0.25) is 5.02 Å². The van der Waals surface area contributed by atoms with E-state index in [1.165, 1.54) is 0 Å². The molecule has 0 aliphatic carbocycles. The van der Waals surface area contributed by atoms with Crippen LogP contribution >= 0.6 is 27.5 Å². The summed E-state index contributed by atoms with van der Waals surface area (Å²) in [5.74, 6) is -1.31. The van der Waals surface area contributed by atoms with Gasteiger partial charge in [-0.1, -0.05) is 39.7 Å². The fourth-order valence-corrected chi connectivity index (χ4v) is 3.48. The summed E-state index contributed by atoms with van der Waals surface area (Å²) in [4.78, 5) is 11.8. The molecule has 2 aromatic carbocycles. The minimum atomic E-state index is -3.53. The van der Waals surface area contributed by atoms with Gasteiger partial charge in [-0.25, -0.2) is 8.42 Å². The zero-order valence-corrected chi connectivity index (χ0v) is 14.6. The average molecular weight is 403 g/mol. The molecule has 0 bridgehead atoms. The van der Waals surface area contributed by atoms with E-state index < -0.39 is 21.5 Å². The standard InChI is InChI=1S/C15H13BrClNO3S/c16-12-3-1-11(2-4-12)9-22(20,21)10-15(19)18-14-7-5-13(17)6-8-14/h1-8H,9-10H2,(H,18,19). The summed E-state index contributed by atoms with van der Waals surface area (Å²) in [5, 5.41) is 3.08. The van der Waals surface area contributed by atoms with Gasteiger partial charge < -0.3 is 5.32 Å². The molecule has 22 heavy (non-hydrogen) atoms. The summed E-state index contributed by atoms with van der Waals surface area (Å²) in [6.45, 7) is 0. The highest BCUT2D eigenvalue weighted by Crippen LogP contribution is 2.15. The lowest BCUT2D eigenvalue weighted by Crippen LogP contribution is -2.23. The van der Waals surface area contributed by atoms with Crippen LogP contribution in [0.5, 0.6) is 0 Å². The van der Waals surface area contributed by atoms with Gasteiger partial charge in [-0.05, 0) is 42.0 Å². The maximum absolute atomic E-state index is 12.0. The van der Waals surface area contributed by atoms with Crippen LogP contribution in [-0.2, 0) is 20.4 Å². The number of halogens is 2. The number of hydrogen-bond acceptors (Lipinski definition) is 3. The lowest BCUT2D eigenvalue weighted by atomic mass is 10.2. The molecule has 116 valence electrons. The number of anilines is 1. The van der Waals surface area contributed by atoms with Crippen molar-refractivity contribution in [2.45, 2.75) is 5.75 Å². The number of carbonyl (C=O) groups excluding carboxylic acids is 1. The normalized spacial score (nSPS) is 11.2. The average Bonchev–Trinajstić information content (AvgIpc) is 2.43. The summed E-state index contributed by atoms with van der Waals surface area (Å²) in [6.07, 6.45) is 0. The molecule has 0 aromatic heterocycles. The van der Waals surface area contributed by atoms with Crippen LogP contribution in [0.1, 0.15) is 5.56 Å². The molecule has 0 saturated heterocycles. The summed E-state index contributed by atoms with van der Waals surface area (Å²) in [5.41, 5.74) is 1.15. The number of hydrogen-bond donors (Lipinski definition) is 1. The van der Waals surface area contributed by atoms with Crippen molar-refractivity contribution in [3.8, 4) is 0 Å². The Hall–Kier alpha value is -1.37. The van der Waals surface area contributed by atoms with Gasteiger partial charge in [0.15, 0.2) is 9.84 Å². The molecule has 1 amide bonds. The fourth-order valence-electron chi connectivity index (χ4n) is 1.82.